The van der Waals surface area contributed by atoms with Crippen LogP contribution in [-0.4, -0.2) is 0 Å². The zero-order valence-corrected chi connectivity index (χ0v) is 48.0. The lowest BCUT2D eigenvalue weighted by Gasteiger charge is -2.21. The summed E-state index contributed by atoms with van der Waals surface area (Å²) >= 11 is 0. The lowest BCUT2D eigenvalue weighted by molar-refractivity contribution is 1.61. The van der Waals surface area contributed by atoms with E-state index in [1.807, 2.05) is 97.1 Å². The second-order valence-corrected chi connectivity index (χ2v) is 23.0. The monoisotopic (exact) mass is 1130 g/mol. The molecule has 420 valence electrons. The minimum absolute atomic E-state index is 0.742. The Hall–Kier alpha value is -12.0. The molecule has 0 radical (unpaired) electrons. The summed E-state index contributed by atoms with van der Waals surface area (Å²) in [6.07, 6.45) is 0. The smallest absolute Gasteiger partial charge is 0.0314 e. The molecule has 16 N–H and O–H groups in total. The molecule has 0 atom stereocenters. The van der Waals surface area contributed by atoms with Gasteiger partial charge in [0.05, 0.1) is 0 Å². The molecule has 0 amide bonds. The van der Waals surface area contributed by atoms with Crippen LogP contribution in [0.2, 0.25) is 0 Å². The third kappa shape index (κ3) is 9.11. The summed E-state index contributed by atoms with van der Waals surface area (Å²) in [5.74, 6) is 0. The average Bonchev–Trinajstić information content (AvgIpc) is 0.733. The van der Waals surface area contributed by atoms with Gasteiger partial charge in [-0.05, 0) is 275 Å². The van der Waals surface area contributed by atoms with Crippen LogP contribution in [0.1, 0.15) is 0 Å². The Kier molecular flexibility index (Phi) is 12.6. The number of nitrogens with two attached hydrogens (primary N) is 8. The standard InChI is InChI=1S/2C40H30N4/c2*41-27-9-1-23(2-10-27)35-21-36(24-3-11-28(42)12-4-24)32-19-20-34-38(26-7-15-30(44)16-8-26)22-37(25-5-13-29(43)14-6-25)33-18-17-31(35)39(32)40(33)34/h2*1-22H,41-44H2. The summed E-state index contributed by atoms with van der Waals surface area (Å²) in [5, 5.41) is 14.5. The van der Waals surface area contributed by atoms with Gasteiger partial charge in [0.15, 0.2) is 0 Å². The molecule has 0 fully saturated rings. The lowest BCUT2D eigenvalue weighted by atomic mass is 9.82. The summed E-state index contributed by atoms with van der Waals surface area (Å²) in [4.78, 5) is 0. The highest BCUT2D eigenvalue weighted by Crippen LogP contribution is 2.51. The van der Waals surface area contributed by atoms with Gasteiger partial charge in [0.1, 0.15) is 0 Å². The van der Waals surface area contributed by atoms with E-state index in [2.05, 4.69) is 170 Å². The molecular weight excluding hydrogens is 1070 g/mol. The van der Waals surface area contributed by atoms with Crippen molar-refractivity contribution in [3.05, 3.63) is 267 Å². The molecule has 0 spiro atoms. The zero-order chi connectivity index (χ0) is 59.9. The van der Waals surface area contributed by atoms with E-state index in [0.717, 1.165) is 135 Å². The molecule has 0 unspecified atom stereocenters. The van der Waals surface area contributed by atoms with Gasteiger partial charge in [-0.1, -0.05) is 146 Å². The van der Waals surface area contributed by atoms with Crippen LogP contribution in [-0.2, 0) is 0 Å². The van der Waals surface area contributed by atoms with Gasteiger partial charge in [0, 0.05) is 45.5 Å². The van der Waals surface area contributed by atoms with Crippen LogP contribution >= 0.6 is 0 Å². The molecule has 0 aliphatic heterocycles. The van der Waals surface area contributed by atoms with Crippen molar-refractivity contribution in [2.75, 3.05) is 45.9 Å². The highest BCUT2D eigenvalue weighted by atomic mass is 14.6. The number of hydrogen-bond acceptors (Lipinski definition) is 8. The van der Waals surface area contributed by atoms with Crippen LogP contribution in [0, 0.1) is 0 Å². The van der Waals surface area contributed by atoms with Crippen LogP contribution in [0.25, 0.3) is 154 Å². The van der Waals surface area contributed by atoms with Crippen LogP contribution in [0.4, 0.5) is 45.5 Å². The minimum Gasteiger partial charge on any atom is -0.399 e. The molecule has 16 aromatic rings. The summed E-state index contributed by atoms with van der Waals surface area (Å²) < 4.78 is 0. The number of hydrogen-bond donors (Lipinski definition) is 8. The number of benzene rings is 16. The fraction of sp³-hybridized carbons (Fsp3) is 0. The highest BCUT2D eigenvalue weighted by molar-refractivity contribution is 6.33. The SMILES string of the molecule is Nc1ccc(-c2cc(-c3ccc(N)cc3)c3ccc4c(-c5ccc(N)cc5)cc(-c5ccc(N)cc5)c5ccc2c3c54)cc1.Nc1ccc(-c2cc(-c3ccc(N)cc3)c3ccc4c(-c5ccc(N)cc5)cc(-c5ccc(N)cc5)c5ccc2c3c54)cc1. The van der Waals surface area contributed by atoms with E-state index in [1.54, 1.807) is 0 Å². The van der Waals surface area contributed by atoms with Gasteiger partial charge in [-0.3, -0.25) is 0 Å². The van der Waals surface area contributed by atoms with Crippen LogP contribution in [0.5, 0.6) is 0 Å². The van der Waals surface area contributed by atoms with E-state index in [9.17, 15) is 0 Å². The fourth-order valence-electron chi connectivity index (χ4n) is 13.2. The minimum atomic E-state index is 0.742. The van der Waals surface area contributed by atoms with Crippen molar-refractivity contribution >= 4 is 110 Å². The first-order valence-corrected chi connectivity index (χ1v) is 29.3. The van der Waals surface area contributed by atoms with Crippen molar-refractivity contribution in [3.8, 4) is 89.0 Å². The van der Waals surface area contributed by atoms with E-state index in [0.29, 0.717) is 0 Å². The molecule has 8 heteroatoms. The van der Waals surface area contributed by atoms with Crippen molar-refractivity contribution in [2.24, 2.45) is 0 Å². The molecule has 0 saturated heterocycles. The maximum atomic E-state index is 6.11. The van der Waals surface area contributed by atoms with E-state index in [1.165, 1.54) is 64.6 Å². The quantitative estimate of drug-likeness (QED) is 0.0541. The van der Waals surface area contributed by atoms with Gasteiger partial charge in [-0.25, -0.2) is 0 Å². The van der Waals surface area contributed by atoms with Crippen molar-refractivity contribution in [2.45, 2.75) is 0 Å². The normalized spacial score (nSPS) is 11.5. The third-order valence-electron chi connectivity index (χ3n) is 17.6. The van der Waals surface area contributed by atoms with Crippen molar-refractivity contribution in [1.82, 2.24) is 0 Å². The number of rotatable bonds is 8. The Morgan fingerprint density at radius 2 is 0.227 bits per heavy atom. The Balaban J connectivity index is 0.000000148. The highest BCUT2D eigenvalue weighted by Gasteiger charge is 2.24. The van der Waals surface area contributed by atoms with Gasteiger partial charge in [0.2, 0.25) is 0 Å². The predicted octanol–water partition coefficient (Wildman–Crippen LogP) is 19.2. The molecule has 0 aliphatic carbocycles. The molecule has 8 nitrogen and oxygen atoms in total. The molecule has 16 aromatic carbocycles. The summed E-state index contributed by atoms with van der Waals surface area (Å²) in [7, 11) is 0. The van der Waals surface area contributed by atoms with Gasteiger partial charge in [-0.2, -0.15) is 0 Å². The van der Waals surface area contributed by atoms with E-state index >= 15 is 0 Å². The van der Waals surface area contributed by atoms with E-state index in [-0.39, 0.29) is 0 Å². The molecule has 88 heavy (non-hydrogen) atoms. The molecular formula is C80H60N8. The van der Waals surface area contributed by atoms with Gasteiger partial charge >= 0.3 is 0 Å². The van der Waals surface area contributed by atoms with Crippen LogP contribution in [0.3, 0.4) is 0 Å². The first kappa shape index (κ1) is 52.8. The van der Waals surface area contributed by atoms with Gasteiger partial charge in [-0.15, -0.1) is 0 Å². The Bertz CT molecular complexity index is 4320. The van der Waals surface area contributed by atoms with E-state index in [4.69, 9.17) is 45.9 Å². The molecule has 16 rings (SSSR count). The van der Waals surface area contributed by atoms with Crippen LogP contribution < -0.4 is 45.9 Å². The largest absolute Gasteiger partial charge is 0.399 e. The molecule has 0 bridgehead atoms. The Morgan fingerprint density at radius 1 is 0.125 bits per heavy atom. The number of nitrogen functional groups attached to an aromatic ring is 8. The van der Waals surface area contributed by atoms with Crippen molar-refractivity contribution in [1.29, 1.82) is 0 Å². The van der Waals surface area contributed by atoms with Crippen molar-refractivity contribution in [3.63, 3.8) is 0 Å². The third-order valence-corrected chi connectivity index (χ3v) is 17.6. The van der Waals surface area contributed by atoms with Gasteiger partial charge < -0.3 is 45.9 Å². The lowest BCUT2D eigenvalue weighted by Crippen LogP contribution is -1.95. The first-order chi connectivity index (χ1) is 42.9. The molecule has 0 aromatic heterocycles. The first-order valence-electron chi connectivity index (χ1n) is 29.3. The average molecular weight is 1130 g/mol. The summed E-state index contributed by atoms with van der Waals surface area (Å²) in [6, 6.07) is 92.5. The molecule has 0 aliphatic rings. The number of anilines is 8. The van der Waals surface area contributed by atoms with Crippen molar-refractivity contribution < 1.29 is 0 Å². The van der Waals surface area contributed by atoms with Crippen LogP contribution in [0.15, 0.2) is 267 Å². The zero-order valence-electron chi connectivity index (χ0n) is 48.0. The van der Waals surface area contributed by atoms with E-state index < -0.39 is 0 Å². The maximum Gasteiger partial charge on any atom is 0.0314 e. The molecule has 0 heterocycles. The fourth-order valence-corrected chi connectivity index (χ4v) is 13.2. The Morgan fingerprint density at radius 3 is 0.330 bits per heavy atom. The second-order valence-electron chi connectivity index (χ2n) is 23.0. The Labute approximate surface area is 509 Å². The molecule has 0 saturated carbocycles. The topological polar surface area (TPSA) is 208 Å². The summed E-state index contributed by atoms with van der Waals surface area (Å²) in [5.41, 5.74) is 73.0. The van der Waals surface area contributed by atoms with Gasteiger partial charge in [0.25, 0.3) is 0 Å². The second kappa shape index (κ2) is 21.0. The predicted molar refractivity (Wildman–Crippen MR) is 379 cm³/mol. The maximum absolute atomic E-state index is 6.11. The summed E-state index contributed by atoms with van der Waals surface area (Å²) in [6.45, 7) is 0.